The lowest BCUT2D eigenvalue weighted by atomic mass is 9.93. The second-order valence-corrected chi connectivity index (χ2v) is 5.43. The van der Waals surface area contributed by atoms with Crippen molar-refractivity contribution in [3.63, 3.8) is 0 Å². The van der Waals surface area contributed by atoms with Gasteiger partial charge in [0.15, 0.2) is 0 Å². The Labute approximate surface area is 143 Å². The van der Waals surface area contributed by atoms with E-state index in [0.717, 1.165) is 12.2 Å². The summed E-state index contributed by atoms with van der Waals surface area (Å²) in [6.45, 7) is 0. The quantitative estimate of drug-likeness (QED) is 0.728. The first-order valence-electron chi connectivity index (χ1n) is 7.60. The molecule has 120 valence electrons. The molecule has 1 unspecified atom stereocenters. The molecule has 0 aliphatic heterocycles. The van der Waals surface area contributed by atoms with Gasteiger partial charge in [-0.05, 0) is 35.9 Å². The number of rotatable bonds is 5. The minimum Gasteiger partial charge on any atom is -0.496 e. The largest absolute Gasteiger partial charge is 0.496 e. The van der Waals surface area contributed by atoms with Crippen molar-refractivity contribution in [2.24, 2.45) is 0 Å². The molecular weight excluding hydrogens is 306 g/mol. The molecule has 0 heterocycles. The van der Waals surface area contributed by atoms with Crippen molar-refractivity contribution < 1.29 is 4.74 Å². The van der Waals surface area contributed by atoms with Crippen molar-refractivity contribution in [1.29, 1.82) is 0 Å². The van der Waals surface area contributed by atoms with Crippen LogP contribution in [0.25, 0.3) is 10.8 Å². The first-order chi connectivity index (χ1) is 10.8. The van der Waals surface area contributed by atoms with Gasteiger partial charge in [0, 0.05) is 11.6 Å². The summed E-state index contributed by atoms with van der Waals surface area (Å²) in [5, 5.41) is 5.94. The number of hydrogen-bond acceptors (Lipinski definition) is 2. The third-order valence-electron chi connectivity index (χ3n) is 4.13. The molecule has 23 heavy (non-hydrogen) atoms. The van der Waals surface area contributed by atoms with Crippen LogP contribution in [-0.4, -0.2) is 14.2 Å². The van der Waals surface area contributed by atoms with E-state index < -0.39 is 0 Å². The van der Waals surface area contributed by atoms with E-state index in [2.05, 4.69) is 72.0 Å². The maximum atomic E-state index is 5.63. The van der Waals surface area contributed by atoms with Crippen molar-refractivity contribution in [2.45, 2.75) is 12.5 Å². The minimum absolute atomic E-state index is 0. The van der Waals surface area contributed by atoms with Gasteiger partial charge in [-0.15, -0.1) is 12.4 Å². The van der Waals surface area contributed by atoms with Crippen molar-refractivity contribution in [3.05, 3.63) is 77.9 Å². The third-order valence-corrected chi connectivity index (χ3v) is 4.13. The van der Waals surface area contributed by atoms with Crippen LogP contribution in [-0.2, 0) is 6.42 Å². The molecule has 3 aromatic carbocycles. The molecule has 0 fully saturated rings. The van der Waals surface area contributed by atoms with Gasteiger partial charge in [-0.1, -0.05) is 60.7 Å². The summed E-state index contributed by atoms with van der Waals surface area (Å²) in [4.78, 5) is 0. The predicted octanol–water partition coefficient (Wildman–Crippen LogP) is 4.77. The van der Waals surface area contributed by atoms with Gasteiger partial charge in [-0.2, -0.15) is 0 Å². The Balaban J connectivity index is 0.00000192. The van der Waals surface area contributed by atoms with E-state index >= 15 is 0 Å². The predicted molar refractivity (Wildman–Crippen MR) is 99.7 cm³/mol. The number of nitrogens with one attached hydrogen (secondary N) is 1. The standard InChI is InChI=1S/C20H21NO.ClH/c1-21-18(14-15-8-4-3-5-9-15)20-17-11-7-6-10-16(17)12-13-19(20)22-2;/h3-13,18,21H,14H2,1-2H3;1H. The van der Waals surface area contributed by atoms with Gasteiger partial charge >= 0.3 is 0 Å². The number of fused-ring (bicyclic) bond motifs is 1. The van der Waals surface area contributed by atoms with Crippen molar-refractivity contribution in [3.8, 4) is 5.75 Å². The highest BCUT2D eigenvalue weighted by atomic mass is 35.5. The molecule has 1 N–H and O–H groups in total. The number of benzene rings is 3. The molecule has 0 saturated heterocycles. The fourth-order valence-corrected chi connectivity index (χ4v) is 3.01. The number of halogens is 1. The van der Waals surface area contributed by atoms with Crippen molar-refractivity contribution in [2.75, 3.05) is 14.2 Å². The summed E-state index contributed by atoms with van der Waals surface area (Å²) < 4.78 is 5.63. The summed E-state index contributed by atoms with van der Waals surface area (Å²) in [7, 11) is 3.75. The highest BCUT2D eigenvalue weighted by molar-refractivity contribution is 5.88. The van der Waals surface area contributed by atoms with Gasteiger partial charge in [0.05, 0.1) is 7.11 Å². The maximum Gasteiger partial charge on any atom is 0.124 e. The Hall–Kier alpha value is -2.03. The van der Waals surface area contributed by atoms with Gasteiger partial charge in [0.2, 0.25) is 0 Å². The van der Waals surface area contributed by atoms with Crippen LogP contribution in [0.2, 0.25) is 0 Å². The number of methoxy groups -OCH3 is 1. The molecule has 0 aliphatic rings. The van der Waals surface area contributed by atoms with Gasteiger partial charge in [0.25, 0.3) is 0 Å². The molecule has 0 bridgehead atoms. The van der Waals surface area contributed by atoms with Gasteiger partial charge < -0.3 is 10.1 Å². The van der Waals surface area contributed by atoms with Crippen LogP contribution < -0.4 is 10.1 Å². The van der Waals surface area contributed by atoms with Gasteiger partial charge in [-0.3, -0.25) is 0 Å². The molecule has 0 saturated carbocycles. The molecule has 0 amide bonds. The summed E-state index contributed by atoms with van der Waals surface area (Å²) in [5.41, 5.74) is 2.55. The van der Waals surface area contributed by atoms with Crippen molar-refractivity contribution in [1.82, 2.24) is 5.32 Å². The van der Waals surface area contributed by atoms with E-state index in [1.54, 1.807) is 7.11 Å². The topological polar surface area (TPSA) is 21.3 Å². The van der Waals surface area contributed by atoms with E-state index in [1.807, 2.05) is 7.05 Å². The van der Waals surface area contributed by atoms with Crippen LogP contribution >= 0.6 is 12.4 Å². The highest BCUT2D eigenvalue weighted by Gasteiger charge is 2.18. The zero-order valence-electron chi connectivity index (χ0n) is 13.5. The van der Waals surface area contributed by atoms with Gasteiger partial charge in [-0.25, -0.2) is 0 Å². The summed E-state index contributed by atoms with van der Waals surface area (Å²) in [6.07, 6.45) is 0.932. The highest BCUT2D eigenvalue weighted by Crippen LogP contribution is 2.34. The second kappa shape index (κ2) is 8.00. The normalized spacial score (nSPS) is 11.7. The Bertz CT molecular complexity index is 758. The molecule has 1 atom stereocenters. The average Bonchev–Trinajstić information content (AvgIpc) is 2.59. The fourth-order valence-electron chi connectivity index (χ4n) is 3.01. The maximum absolute atomic E-state index is 5.63. The lowest BCUT2D eigenvalue weighted by Crippen LogP contribution is -2.20. The van der Waals surface area contributed by atoms with Gasteiger partial charge in [0.1, 0.15) is 5.75 Å². The summed E-state index contributed by atoms with van der Waals surface area (Å²) in [6, 6.07) is 23.4. The van der Waals surface area contributed by atoms with E-state index in [9.17, 15) is 0 Å². The molecule has 0 spiro atoms. The summed E-state index contributed by atoms with van der Waals surface area (Å²) in [5.74, 6) is 0.939. The molecular formula is C20H22ClNO. The fraction of sp³-hybridized carbons (Fsp3) is 0.200. The third kappa shape index (κ3) is 3.66. The van der Waals surface area contributed by atoms with Crippen LogP contribution in [0, 0.1) is 0 Å². The lowest BCUT2D eigenvalue weighted by Gasteiger charge is -2.21. The van der Waals surface area contributed by atoms with Crippen LogP contribution in [0.4, 0.5) is 0 Å². The SMILES string of the molecule is CNC(Cc1ccccc1)c1c(OC)ccc2ccccc12.Cl. The molecule has 0 radical (unpaired) electrons. The first-order valence-corrected chi connectivity index (χ1v) is 7.60. The van der Waals surface area contributed by atoms with Crippen LogP contribution in [0.3, 0.4) is 0 Å². The number of hydrogen-bond donors (Lipinski definition) is 1. The van der Waals surface area contributed by atoms with E-state index in [1.165, 1.54) is 21.9 Å². The van der Waals surface area contributed by atoms with E-state index in [-0.39, 0.29) is 18.4 Å². The van der Waals surface area contributed by atoms with Crippen LogP contribution in [0.15, 0.2) is 66.7 Å². The second-order valence-electron chi connectivity index (χ2n) is 5.43. The smallest absolute Gasteiger partial charge is 0.124 e. The molecule has 0 aliphatic carbocycles. The van der Waals surface area contributed by atoms with Crippen LogP contribution in [0.1, 0.15) is 17.2 Å². The molecule has 3 heteroatoms. The summed E-state index contributed by atoms with van der Waals surface area (Å²) >= 11 is 0. The van der Waals surface area contributed by atoms with E-state index in [0.29, 0.717) is 0 Å². The molecule has 0 aromatic heterocycles. The minimum atomic E-state index is 0. The Kier molecular flexibility index (Phi) is 6.03. The average molecular weight is 328 g/mol. The Morgan fingerprint density at radius 2 is 1.61 bits per heavy atom. The van der Waals surface area contributed by atoms with Crippen molar-refractivity contribution >= 4 is 23.2 Å². The monoisotopic (exact) mass is 327 g/mol. The van der Waals surface area contributed by atoms with E-state index in [4.69, 9.17) is 4.74 Å². The Morgan fingerprint density at radius 1 is 0.913 bits per heavy atom. The number of likely N-dealkylation sites (N-methyl/N-ethyl adjacent to an activating group) is 1. The zero-order valence-corrected chi connectivity index (χ0v) is 14.3. The molecule has 3 aromatic rings. The molecule has 2 nitrogen and oxygen atoms in total. The zero-order chi connectivity index (χ0) is 15.4. The Morgan fingerprint density at radius 3 is 2.30 bits per heavy atom. The molecule has 3 rings (SSSR count). The first kappa shape index (κ1) is 17.3. The van der Waals surface area contributed by atoms with Crippen LogP contribution in [0.5, 0.6) is 5.75 Å². The number of ether oxygens (including phenoxy) is 1. The lowest BCUT2D eigenvalue weighted by molar-refractivity contribution is 0.402.